The van der Waals surface area contributed by atoms with E-state index in [1.165, 1.54) is 0 Å². The number of para-hydroxylation sites is 1. The Morgan fingerprint density at radius 1 is 0.957 bits per heavy atom. The highest BCUT2D eigenvalue weighted by Gasteiger charge is 2.27. The molecular formula is C16H15F3N2O2. The van der Waals surface area contributed by atoms with Crippen molar-refractivity contribution in [2.45, 2.75) is 6.18 Å². The van der Waals surface area contributed by atoms with Crippen LogP contribution in [0, 0.1) is 0 Å². The molecule has 0 saturated carbocycles. The van der Waals surface area contributed by atoms with Crippen LogP contribution in [0.25, 0.3) is 0 Å². The van der Waals surface area contributed by atoms with E-state index >= 15 is 0 Å². The molecule has 23 heavy (non-hydrogen) atoms. The van der Waals surface area contributed by atoms with Gasteiger partial charge in [-0.2, -0.15) is 13.2 Å². The number of carbonyl (C=O) groups excluding carboxylic acids is 1. The Hall–Kier alpha value is -2.70. The maximum absolute atomic E-state index is 11.9. The quantitative estimate of drug-likeness (QED) is 0.855. The number of benzene rings is 2. The van der Waals surface area contributed by atoms with Gasteiger partial charge in [-0.1, -0.05) is 18.2 Å². The first-order valence-corrected chi connectivity index (χ1v) is 6.81. The largest absolute Gasteiger partial charge is 0.484 e. The molecule has 0 saturated heterocycles. The molecule has 2 rings (SSSR count). The van der Waals surface area contributed by atoms with Gasteiger partial charge in [-0.25, -0.2) is 0 Å². The average molecular weight is 324 g/mol. The molecule has 122 valence electrons. The summed E-state index contributed by atoms with van der Waals surface area (Å²) >= 11 is 0. The first-order valence-electron chi connectivity index (χ1n) is 6.81. The molecule has 0 atom stereocenters. The standard InChI is InChI=1S/C16H15F3N2O2/c17-16(18,19)11-20-15(22)10-23-14-8-6-13(7-9-14)21-12-4-2-1-3-5-12/h1-9,21H,10-11H2,(H,20,22). The molecule has 0 unspecified atom stereocenters. The Bertz CT molecular complexity index is 628. The molecule has 0 fully saturated rings. The second-order valence-corrected chi connectivity index (χ2v) is 4.70. The third kappa shape index (κ3) is 6.29. The molecular weight excluding hydrogens is 309 g/mol. The maximum Gasteiger partial charge on any atom is 0.405 e. The summed E-state index contributed by atoms with van der Waals surface area (Å²) in [6.07, 6.45) is -4.43. The topological polar surface area (TPSA) is 50.4 Å². The molecule has 4 nitrogen and oxygen atoms in total. The smallest absolute Gasteiger partial charge is 0.405 e. The van der Waals surface area contributed by atoms with Crippen molar-refractivity contribution in [2.24, 2.45) is 0 Å². The summed E-state index contributed by atoms with van der Waals surface area (Å²) in [6, 6.07) is 16.3. The summed E-state index contributed by atoms with van der Waals surface area (Å²) in [4.78, 5) is 11.2. The molecule has 0 aliphatic carbocycles. The van der Waals surface area contributed by atoms with Gasteiger partial charge in [0.05, 0.1) is 0 Å². The lowest BCUT2D eigenvalue weighted by molar-refractivity contribution is -0.139. The summed E-state index contributed by atoms with van der Waals surface area (Å²) in [5.41, 5.74) is 1.75. The third-order valence-electron chi connectivity index (χ3n) is 2.77. The minimum absolute atomic E-state index is 0.394. The summed E-state index contributed by atoms with van der Waals surface area (Å²) in [6.45, 7) is -1.84. The predicted octanol–water partition coefficient (Wildman–Crippen LogP) is 3.49. The lowest BCUT2D eigenvalue weighted by atomic mass is 10.2. The molecule has 0 aliphatic heterocycles. The Morgan fingerprint density at radius 2 is 1.57 bits per heavy atom. The predicted molar refractivity (Wildman–Crippen MR) is 80.7 cm³/mol. The van der Waals surface area contributed by atoms with Crippen molar-refractivity contribution in [1.82, 2.24) is 5.32 Å². The monoisotopic (exact) mass is 324 g/mol. The Labute approximate surface area is 131 Å². The van der Waals surface area contributed by atoms with E-state index in [2.05, 4.69) is 5.32 Å². The number of nitrogens with one attached hydrogen (secondary N) is 2. The molecule has 0 aliphatic rings. The number of amides is 1. The Kier molecular flexibility index (Phi) is 5.46. The molecule has 0 bridgehead atoms. The van der Waals surface area contributed by atoms with Crippen LogP contribution in [0.5, 0.6) is 5.75 Å². The second kappa shape index (κ2) is 7.53. The van der Waals surface area contributed by atoms with E-state index in [1.807, 2.05) is 30.3 Å². The molecule has 2 aromatic carbocycles. The van der Waals surface area contributed by atoms with Crippen molar-refractivity contribution in [1.29, 1.82) is 0 Å². The summed E-state index contributed by atoms with van der Waals surface area (Å²) in [5.74, 6) is -0.431. The molecule has 2 N–H and O–H groups in total. The van der Waals surface area contributed by atoms with E-state index in [0.717, 1.165) is 11.4 Å². The van der Waals surface area contributed by atoms with Gasteiger partial charge in [-0.3, -0.25) is 4.79 Å². The van der Waals surface area contributed by atoms with Crippen LogP contribution in [0.4, 0.5) is 24.5 Å². The van der Waals surface area contributed by atoms with Gasteiger partial charge in [0.1, 0.15) is 12.3 Å². The van der Waals surface area contributed by atoms with Gasteiger partial charge in [0.15, 0.2) is 6.61 Å². The van der Waals surface area contributed by atoms with Crippen molar-refractivity contribution in [3.8, 4) is 5.75 Å². The molecule has 7 heteroatoms. The fourth-order valence-corrected chi connectivity index (χ4v) is 1.72. The van der Waals surface area contributed by atoms with Crippen LogP contribution in [0.2, 0.25) is 0 Å². The Morgan fingerprint density at radius 3 is 2.17 bits per heavy atom. The van der Waals surface area contributed by atoms with Gasteiger partial charge in [0, 0.05) is 11.4 Å². The van der Waals surface area contributed by atoms with Crippen LogP contribution in [0.1, 0.15) is 0 Å². The van der Waals surface area contributed by atoms with Crippen molar-refractivity contribution in [3.63, 3.8) is 0 Å². The molecule has 2 aromatic rings. The highest BCUT2D eigenvalue weighted by Crippen LogP contribution is 2.19. The minimum atomic E-state index is -4.43. The fraction of sp³-hybridized carbons (Fsp3) is 0.188. The van der Waals surface area contributed by atoms with Crippen LogP contribution in [0.3, 0.4) is 0 Å². The van der Waals surface area contributed by atoms with Crippen molar-refractivity contribution in [2.75, 3.05) is 18.5 Å². The lowest BCUT2D eigenvalue weighted by Gasteiger charge is -2.10. The van der Waals surface area contributed by atoms with Gasteiger partial charge in [-0.05, 0) is 36.4 Å². The minimum Gasteiger partial charge on any atom is -0.484 e. The zero-order valence-electron chi connectivity index (χ0n) is 12.1. The summed E-state index contributed by atoms with van der Waals surface area (Å²) in [7, 11) is 0. The molecule has 1 amide bonds. The van der Waals surface area contributed by atoms with E-state index in [9.17, 15) is 18.0 Å². The normalized spacial score (nSPS) is 10.9. The molecule has 0 aromatic heterocycles. The van der Waals surface area contributed by atoms with Gasteiger partial charge in [-0.15, -0.1) is 0 Å². The first-order chi connectivity index (χ1) is 10.9. The van der Waals surface area contributed by atoms with Gasteiger partial charge in [0.25, 0.3) is 5.91 Å². The fourth-order valence-electron chi connectivity index (χ4n) is 1.72. The number of ether oxygens (including phenoxy) is 1. The van der Waals surface area contributed by atoms with Crippen molar-refractivity contribution in [3.05, 3.63) is 54.6 Å². The number of carbonyl (C=O) groups is 1. The van der Waals surface area contributed by atoms with Gasteiger partial charge < -0.3 is 15.4 Å². The van der Waals surface area contributed by atoms with E-state index < -0.39 is 25.2 Å². The highest BCUT2D eigenvalue weighted by atomic mass is 19.4. The van der Waals surface area contributed by atoms with Crippen LogP contribution in [0.15, 0.2) is 54.6 Å². The number of hydrogen-bond acceptors (Lipinski definition) is 3. The van der Waals surface area contributed by atoms with E-state index in [0.29, 0.717) is 5.75 Å². The van der Waals surface area contributed by atoms with Crippen LogP contribution in [-0.2, 0) is 4.79 Å². The number of alkyl halides is 3. The summed E-state index contributed by atoms with van der Waals surface area (Å²) in [5, 5.41) is 4.91. The molecule has 0 radical (unpaired) electrons. The molecule has 0 heterocycles. The zero-order valence-corrected chi connectivity index (χ0v) is 12.1. The first kappa shape index (κ1) is 16.7. The number of hydrogen-bond donors (Lipinski definition) is 2. The SMILES string of the molecule is O=C(COc1ccc(Nc2ccccc2)cc1)NCC(F)(F)F. The Balaban J connectivity index is 1.80. The highest BCUT2D eigenvalue weighted by molar-refractivity contribution is 5.77. The van der Waals surface area contributed by atoms with Gasteiger partial charge in [0.2, 0.25) is 0 Å². The van der Waals surface area contributed by atoms with Crippen molar-refractivity contribution >= 4 is 17.3 Å². The third-order valence-corrected chi connectivity index (χ3v) is 2.77. The van der Waals surface area contributed by atoms with Crippen LogP contribution >= 0.6 is 0 Å². The van der Waals surface area contributed by atoms with E-state index in [1.54, 1.807) is 29.6 Å². The van der Waals surface area contributed by atoms with Gasteiger partial charge >= 0.3 is 6.18 Å². The zero-order chi connectivity index (χ0) is 16.7. The van der Waals surface area contributed by atoms with E-state index in [4.69, 9.17) is 4.74 Å². The van der Waals surface area contributed by atoms with Crippen molar-refractivity contribution < 1.29 is 22.7 Å². The maximum atomic E-state index is 11.9. The van der Waals surface area contributed by atoms with E-state index in [-0.39, 0.29) is 0 Å². The molecule has 0 spiro atoms. The second-order valence-electron chi connectivity index (χ2n) is 4.70. The summed E-state index contributed by atoms with van der Waals surface area (Å²) < 4.78 is 41.0. The average Bonchev–Trinajstić information content (AvgIpc) is 2.52. The lowest BCUT2D eigenvalue weighted by Crippen LogP contribution is -2.36. The number of anilines is 2. The van der Waals surface area contributed by atoms with Crippen LogP contribution in [-0.4, -0.2) is 25.2 Å². The van der Waals surface area contributed by atoms with Crippen LogP contribution < -0.4 is 15.4 Å². The number of halogens is 3. The number of rotatable bonds is 6.